The number of Topliss-reactive ketones (excluding diaryl/α,β-unsaturated/α-hetero) is 1. The van der Waals surface area contributed by atoms with E-state index in [1.54, 1.807) is 13.0 Å². The lowest BCUT2D eigenvalue weighted by molar-refractivity contribution is -0.142. The molecule has 9 nitrogen and oxygen atoms in total. The molecule has 0 spiro atoms. The summed E-state index contributed by atoms with van der Waals surface area (Å²) in [5.74, 6) is -0.533. The first-order chi connectivity index (χ1) is 28.6. The fraction of sp³-hybridized carbons (Fsp3) is 0.431. The van der Waals surface area contributed by atoms with Gasteiger partial charge in [-0.3, -0.25) is 14.6 Å². The van der Waals surface area contributed by atoms with Gasteiger partial charge in [0.1, 0.15) is 6.61 Å². The van der Waals surface area contributed by atoms with Gasteiger partial charge >= 0.3 is 5.97 Å². The number of aromatic amines is 1. The fourth-order valence-electron chi connectivity index (χ4n) is 8.78. The van der Waals surface area contributed by atoms with Crippen LogP contribution in [0.1, 0.15) is 126 Å². The molecule has 1 aromatic heterocycles. The van der Waals surface area contributed by atoms with E-state index in [2.05, 4.69) is 64.8 Å². The van der Waals surface area contributed by atoms with Crippen LogP contribution in [0, 0.1) is 11.8 Å². The Bertz CT molecular complexity index is 2460. The Morgan fingerprint density at radius 3 is 2.22 bits per heavy atom. The maximum absolute atomic E-state index is 13.5. The highest BCUT2D eigenvalue weighted by Gasteiger charge is 2.42. The Kier molecular flexibility index (Phi) is 14.2. The average molecular weight is 811 g/mol. The van der Waals surface area contributed by atoms with E-state index in [1.165, 1.54) is 22.3 Å². The van der Waals surface area contributed by atoms with Gasteiger partial charge in [-0.15, -0.1) is 0 Å². The standard InChI is InChI=1S/C51H62N4O5/c1-29(2)13-10-14-30(3)15-11-16-31(4)17-12-18-32(5)21-22-60-46(59)20-19-40-33(6)48-35(8)49-34(7)47(36(9)57)44(54-49)27-43-37(28-56)23-38(52-43)24-39-25-41-45(58)26-42(50(40)55-48)51(41)53-39/h13,15,17,21,23-25,27-28,33,36,40,52,56-57H,10-12,14,16,18-20,22,26H2,1-9H3/b30-15+,31-17+,32-21+,37-28?,39-24?,43-27?,49-35?,50-42?/t33-,36?,40-/m0/s1. The summed E-state index contributed by atoms with van der Waals surface area (Å²) >= 11 is 0. The summed E-state index contributed by atoms with van der Waals surface area (Å²) in [6.45, 7) is 18.8. The van der Waals surface area contributed by atoms with Crippen LogP contribution in [0.25, 0.3) is 18.4 Å². The number of hydrogen-bond donors (Lipinski definition) is 3. The largest absolute Gasteiger partial charge is 0.515 e. The summed E-state index contributed by atoms with van der Waals surface area (Å²) in [7, 11) is 0. The Labute approximate surface area is 355 Å². The molecular formula is C51H62N4O5. The number of esters is 1. The molecule has 1 unspecified atom stereocenters. The van der Waals surface area contributed by atoms with Crippen molar-refractivity contribution in [3.63, 3.8) is 0 Å². The zero-order chi connectivity index (χ0) is 43.2. The van der Waals surface area contributed by atoms with Crippen LogP contribution in [-0.4, -0.2) is 56.8 Å². The van der Waals surface area contributed by atoms with Crippen LogP contribution in [0.5, 0.6) is 0 Å². The molecule has 4 aliphatic heterocycles. The van der Waals surface area contributed by atoms with Crippen LogP contribution in [0.3, 0.4) is 0 Å². The number of ketones is 1. The summed E-state index contributed by atoms with van der Waals surface area (Å²) in [6.07, 6.45) is 21.8. The molecule has 1 fully saturated rings. The van der Waals surface area contributed by atoms with Crippen molar-refractivity contribution >= 4 is 47.3 Å². The predicted octanol–water partition coefficient (Wildman–Crippen LogP) is 9.66. The number of hydrogen-bond acceptors (Lipinski definition) is 8. The summed E-state index contributed by atoms with van der Waals surface area (Å²) in [4.78, 5) is 45.3. The van der Waals surface area contributed by atoms with E-state index < -0.39 is 6.10 Å². The van der Waals surface area contributed by atoms with Crippen molar-refractivity contribution < 1.29 is 24.5 Å². The molecule has 1 aliphatic carbocycles. The third kappa shape index (κ3) is 10.1. The van der Waals surface area contributed by atoms with Crippen molar-refractivity contribution in [1.29, 1.82) is 0 Å². The van der Waals surface area contributed by atoms with E-state index in [1.807, 2.05) is 38.2 Å². The number of nitrogens with zero attached hydrogens (tertiary/aromatic N) is 3. The number of allylic oxidation sites excluding steroid dienone is 13. The third-order valence-corrected chi connectivity index (χ3v) is 12.2. The lowest BCUT2D eigenvalue weighted by Gasteiger charge is -2.19. The van der Waals surface area contributed by atoms with Crippen LogP contribution in [0.4, 0.5) is 0 Å². The number of H-pyrrole nitrogens is 1. The van der Waals surface area contributed by atoms with Crippen LogP contribution < -0.4 is 10.6 Å². The van der Waals surface area contributed by atoms with E-state index in [-0.39, 0.29) is 43.0 Å². The van der Waals surface area contributed by atoms with Gasteiger partial charge in [0.2, 0.25) is 0 Å². The van der Waals surface area contributed by atoms with E-state index in [4.69, 9.17) is 19.7 Å². The maximum Gasteiger partial charge on any atom is 0.306 e. The highest BCUT2D eigenvalue weighted by molar-refractivity contribution is 6.37. The van der Waals surface area contributed by atoms with Crippen molar-refractivity contribution in [2.24, 2.45) is 26.8 Å². The Morgan fingerprint density at radius 1 is 0.900 bits per heavy atom. The molecule has 1 aromatic rings. The lowest BCUT2D eigenvalue weighted by atomic mass is 9.83. The Morgan fingerprint density at radius 2 is 1.57 bits per heavy atom. The van der Waals surface area contributed by atoms with Crippen molar-refractivity contribution in [2.75, 3.05) is 6.61 Å². The van der Waals surface area contributed by atoms with Crippen LogP contribution in [-0.2, 0) is 14.3 Å². The van der Waals surface area contributed by atoms with Gasteiger partial charge in [-0.1, -0.05) is 47.4 Å². The number of ether oxygens (including phenoxy) is 1. The zero-order valence-corrected chi connectivity index (χ0v) is 37.0. The lowest BCUT2D eigenvalue weighted by Crippen LogP contribution is -2.25. The van der Waals surface area contributed by atoms with Crippen molar-refractivity contribution in [1.82, 2.24) is 4.98 Å². The van der Waals surface area contributed by atoms with Gasteiger partial charge in [0, 0.05) is 58.0 Å². The quantitative estimate of drug-likeness (QED) is 0.120. The number of carbonyl (C=O) groups excluding carboxylic acids is 2. The van der Waals surface area contributed by atoms with E-state index in [9.17, 15) is 19.8 Å². The number of carbonyl (C=O) groups is 2. The summed E-state index contributed by atoms with van der Waals surface area (Å²) in [5.41, 5.74) is 14.1. The number of rotatable bonds is 15. The van der Waals surface area contributed by atoms with E-state index >= 15 is 0 Å². The smallest absolute Gasteiger partial charge is 0.306 e. The van der Waals surface area contributed by atoms with Crippen LogP contribution >= 0.6 is 0 Å². The maximum atomic E-state index is 13.5. The molecule has 9 heteroatoms. The van der Waals surface area contributed by atoms with Gasteiger partial charge < -0.3 is 19.9 Å². The molecular weight excluding hydrogens is 749 g/mol. The highest BCUT2D eigenvalue weighted by Crippen LogP contribution is 2.44. The molecule has 60 heavy (non-hydrogen) atoms. The monoisotopic (exact) mass is 810 g/mol. The van der Waals surface area contributed by atoms with Gasteiger partial charge in [-0.2, -0.15) is 0 Å². The summed E-state index contributed by atoms with van der Waals surface area (Å²) in [5, 5.41) is 22.2. The second-order valence-corrected chi connectivity index (χ2v) is 17.3. The topological polar surface area (TPSA) is 137 Å². The number of aliphatic imine (C=N–C) groups is 3. The summed E-state index contributed by atoms with van der Waals surface area (Å²) < 4.78 is 5.73. The molecule has 0 saturated heterocycles. The molecule has 316 valence electrons. The van der Waals surface area contributed by atoms with Gasteiger partial charge in [0.25, 0.3) is 0 Å². The first-order valence-electron chi connectivity index (χ1n) is 21.5. The normalized spacial score (nSPS) is 21.3. The van der Waals surface area contributed by atoms with Crippen molar-refractivity contribution in [2.45, 2.75) is 126 Å². The molecule has 6 rings (SSSR count). The molecule has 3 atom stereocenters. The Hall–Kier alpha value is -5.41. The second kappa shape index (κ2) is 19.3. The van der Waals surface area contributed by atoms with Gasteiger partial charge in [-0.25, -0.2) is 9.98 Å². The SMILES string of the molecule is CC(C)=CCC/C(C)=C/CC/C(C)=C/CC/C(C)=C/COC(=O)CC[C@@H]1C2=C3CC(=O)C4=CC(=Cc5cc(=CO)c([nH]5)=CC5=NC(=C(C)C(=N2)[C@H]1C)C(C)=C5C(C)O)N=C43. The molecule has 1 saturated carbocycles. The number of nitrogens with one attached hydrogen (secondary N) is 1. The number of aliphatic hydroxyl groups excluding tert-OH is 2. The first kappa shape index (κ1) is 44.2. The van der Waals surface area contributed by atoms with Crippen LogP contribution in [0.2, 0.25) is 0 Å². The third-order valence-electron chi connectivity index (χ3n) is 12.2. The predicted molar refractivity (Wildman–Crippen MR) is 245 cm³/mol. The van der Waals surface area contributed by atoms with Gasteiger partial charge in [0.05, 0.1) is 46.2 Å². The van der Waals surface area contributed by atoms with Crippen molar-refractivity contribution in [3.05, 3.63) is 120 Å². The molecule has 3 N–H and O–H groups in total. The average Bonchev–Trinajstić information content (AvgIpc) is 3.99. The second-order valence-electron chi connectivity index (χ2n) is 17.3. The molecule has 8 bridgehead atoms. The van der Waals surface area contributed by atoms with E-state index in [0.717, 1.165) is 78.6 Å². The number of aromatic nitrogens is 1. The molecule has 5 heterocycles. The van der Waals surface area contributed by atoms with Crippen molar-refractivity contribution in [3.8, 4) is 0 Å². The molecule has 0 amide bonds. The number of aliphatic hydroxyl groups is 2. The minimum atomic E-state index is -0.793. The minimum absolute atomic E-state index is 0.0121. The molecule has 0 radical (unpaired) electrons. The minimum Gasteiger partial charge on any atom is -0.515 e. The zero-order valence-electron chi connectivity index (χ0n) is 37.0. The molecule has 0 aromatic carbocycles. The first-order valence-corrected chi connectivity index (χ1v) is 21.5. The highest BCUT2D eigenvalue weighted by atomic mass is 16.5. The van der Waals surface area contributed by atoms with Gasteiger partial charge in [-0.05, 0) is 142 Å². The fourth-order valence-corrected chi connectivity index (χ4v) is 8.78. The summed E-state index contributed by atoms with van der Waals surface area (Å²) in [6, 6.07) is 1.80. The molecule has 5 aliphatic rings. The Balaban J connectivity index is 1.17. The number of fused-ring (bicyclic) bond motifs is 5. The van der Waals surface area contributed by atoms with Crippen LogP contribution in [0.15, 0.2) is 119 Å². The van der Waals surface area contributed by atoms with E-state index in [0.29, 0.717) is 50.9 Å². The van der Waals surface area contributed by atoms with Gasteiger partial charge in [0.15, 0.2) is 5.78 Å².